The molecule has 0 radical (unpaired) electrons. The number of hydrogen-bond donors (Lipinski definition) is 1. The van der Waals surface area contributed by atoms with Crippen LogP contribution in [0.1, 0.15) is 11.1 Å². The predicted octanol–water partition coefficient (Wildman–Crippen LogP) is 1.55. The Labute approximate surface area is 89.2 Å². The maximum absolute atomic E-state index is 10.4. The Hall–Kier alpha value is -1.39. The van der Waals surface area contributed by atoms with Crippen molar-refractivity contribution in [2.75, 3.05) is 19.5 Å². The zero-order chi connectivity index (χ0) is 11.1. The van der Waals surface area contributed by atoms with Crippen LogP contribution in [0.5, 0.6) is 0 Å². The summed E-state index contributed by atoms with van der Waals surface area (Å²) in [7, 11) is 3.27. The van der Waals surface area contributed by atoms with Gasteiger partial charge in [0.15, 0.2) is 0 Å². The SMILES string of the molecule is COCc1ccc(NC=O)c(COC)c1. The number of ether oxygens (including phenoxy) is 2. The number of hydrogen-bond acceptors (Lipinski definition) is 3. The molecular formula is C11H15NO3. The van der Waals surface area contributed by atoms with Gasteiger partial charge in [0, 0.05) is 25.5 Å². The van der Waals surface area contributed by atoms with Crippen LogP contribution in [0.2, 0.25) is 0 Å². The molecule has 0 saturated carbocycles. The lowest BCUT2D eigenvalue weighted by atomic mass is 10.1. The fourth-order valence-corrected chi connectivity index (χ4v) is 1.38. The van der Waals surface area contributed by atoms with E-state index in [0.717, 1.165) is 16.8 Å². The number of nitrogens with one attached hydrogen (secondary N) is 1. The molecule has 1 amide bonds. The van der Waals surface area contributed by atoms with Crippen molar-refractivity contribution in [2.45, 2.75) is 13.2 Å². The Balaban J connectivity index is 2.91. The Morgan fingerprint density at radius 3 is 2.60 bits per heavy atom. The van der Waals surface area contributed by atoms with E-state index in [-0.39, 0.29) is 0 Å². The summed E-state index contributed by atoms with van der Waals surface area (Å²) in [5, 5.41) is 2.63. The number of carbonyl (C=O) groups is 1. The average molecular weight is 209 g/mol. The van der Waals surface area contributed by atoms with Crippen molar-refractivity contribution >= 4 is 12.1 Å². The van der Waals surface area contributed by atoms with E-state index in [1.807, 2.05) is 18.2 Å². The normalized spacial score (nSPS) is 10.0. The van der Waals surface area contributed by atoms with Crippen molar-refractivity contribution in [1.29, 1.82) is 0 Å². The minimum atomic E-state index is 0.466. The molecule has 0 aromatic heterocycles. The number of benzene rings is 1. The van der Waals surface area contributed by atoms with Crippen molar-refractivity contribution in [3.63, 3.8) is 0 Å². The van der Waals surface area contributed by atoms with Crippen LogP contribution >= 0.6 is 0 Å². The zero-order valence-corrected chi connectivity index (χ0v) is 8.95. The van der Waals surface area contributed by atoms with Gasteiger partial charge in [0.25, 0.3) is 0 Å². The topological polar surface area (TPSA) is 47.6 Å². The summed E-state index contributed by atoms with van der Waals surface area (Å²) in [6.07, 6.45) is 0.657. The molecule has 0 fully saturated rings. The highest BCUT2D eigenvalue weighted by molar-refractivity contribution is 5.73. The molecule has 0 aliphatic carbocycles. The van der Waals surface area contributed by atoms with Gasteiger partial charge in [-0.3, -0.25) is 4.79 Å². The van der Waals surface area contributed by atoms with Gasteiger partial charge in [0.2, 0.25) is 6.41 Å². The highest BCUT2D eigenvalue weighted by Crippen LogP contribution is 2.18. The van der Waals surface area contributed by atoms with E-state index in [0.29, 0.717) is 19.6 Å². The first-order valence-electron chi connectivity index (χ1n) is 4.61. The summed E-state index contributed by atoms with van der Waals surface area (Å²) in [6, 6.07) is 5.71. The molecule has 1 rings (SSSR count). The molecule has 0 saturated heterocycles. The Morgan fingerprint density at radius 2 is 2.00 bits per heavy atom. The first-order valence-corrected chi connectivity index (χ1v) is 4.61. The fraction of sp³-hybridized carbons (Fsp3) is 0.364. The highest BCUT2D eigenvalue weighted by atomic mass is 16.5. The predicted molar refractivity (Wildman–Crippen MR) is 57.6 cm³/mol. The van der Waals surface area contributed by atoms with Crippen LogP contribution in [0.25, 0.3) is 0 Å². The quantitative estimate of drug-likeness (QED) is 0.723. The Bertz CT molecular complexity index is 326. The number of anilines is 1. The van der Waals surface area contributed by atoms with Gasteiger partial charge in [-0.15, -0.1) is 0 Å². The lowest BCUT2D eigenvalue weighted by molar-refractivity contribution is -0.105. The van der Waals surface area contributed by atoms with Crippen molar-refractivity contribution in [1.82, 2.24) is 0 Å². The number of methoxy groups -OCH3 is 2. The van der Waals surface area contributed by atoms with Gasteiger partial charge in [-0.2, -0.15) is 0 Å². The summed E-state index contributed by atoms with van der Waals surface area (Å²) in [4.78, 5) is 10.4. The minimum absolute atomic E-state index is 0.466. The maximum Gasteiger partial charge on any atom is 0.211 e. The molecule has 0 aliphatic rings. The third-order valence-corrected chi connectivity index (χ3v) is 1.99. The third kappa shape index (κ3) is 3.34. The molecule has 1 N–H and O–H groups in total. The lowest BCUT2D eigenvalue weighted by Gasteiger charge is -2.09. The van der Waals surface area contributed by atoms with E-state index in [4.69, 9.17) is 9.47 Å². The van der Waals surface area contributed by atoms with Crippen molar-refractivity contribution < 1.29 is 14.3 Å². The van der Waals surface area contributed by atoms with Gasteiger partial charge in [-0.25, -0.2) is 0 Å². The van der Waals surface area contributed by atoms with Gasteiger partial charge in [0.05, 0.1) is 13.2 Å². The Morgan fingerprint density at radius 1 is 1.27 bits per heavy atom. The number of amides is 1. The summed E-state index contributed by atoms with van der Waals surface area (Å²) >= 11 is 0. The first kappa shape index (κ1) is 11.7. The minimum Gasteiger partial charge on any atom is -0.380 e. The standard InChI is InChI=1S/C11H15NO3/c1-14-6-9-3-4-11(12-8-13)10(5-9)7-15-2/h3-5,8H,6-7H2,1-2H3,(H,12,13). The third-order valence-electron chi connectivity index (χ3n) is 1.99. The summed E-state index contributed by atoms with van der Waals surface area (Å²) in [5.74, 6) is 0. The smallest absolute Gasteiger partial charge is 0.211 e. The molecule has 1 aromatic carbocycles. The molecule has 1 aromatic rings. The molecule has 0 aliphatic heterocycles. The molecule has 4 heteroatoms. The summed E-state index contributed by atoms with van der Waals surface area (Å²) in [6.45, 7) is 1.02. The maximum atomic E-state index is 10.4. The molecule has 0 unspecified atom stereocenters. The van der Waals surface area contributed by atoms with Gasteiger partial charge in [-0.1, -0.05) is 6.07 Å². The molecule has 82 valence electrons. The van der Waals surface area contributed by atoms with Crippen LogP contribution in [-0.4, -0.2) is 20.6 Å². The van der Waals surface area contributed by atoms with Crippen LogP contribution in [-0.2, 0) is 27.5 Å². The van der Waals surface area contributed by atoms with Crippen molar-refractivity contribution in [3.8, 4) is 0 Å². The average Bonchev–Trinajstić information content (AvgIpc) is 2.23. The van der Waals surface area contributed by atoms with E-state index in [2.05, 4.69) is 5.32 Å². The molecular weight excluding hydrogens is 194 g/mol. The second-order valence-corrected chi connectivity index (χ2v) is 3.12. The van der Waals surface area contributed by atoms with E-state index in [1.165, 1.54) is 0 Å². The van der Waals surface area contributed by atoms with Crippen LogP contribution in [0.15, 0.2) is 18.2 Å². The monoisotopic (exact) mass is 209 g/mol. The van der Waals surface area contributed by atoms with Crippen molar-refractivity contribution in [2.24, 2.45) is 0 Å². The molecule has 4 nitrogen and oxygen atoms in total. The van der Waals surface area contributed by atoms with Gasteiger partial charge in [-0.05, 0) is 17.7 Å². The van der Waals surface area contributed by atoms with Gasteiger partial charge in [0.1, 0.15) is 0 Å². The second kappa shape index (κ2) is 6.16. The number of rotatable bonds is 6. The van der Waals surface area contributed by atoms with E-state index in [1.54, 1.807) is 14.2 Å². The molecule has 0 spiro atoms. The number of carbonyl (C=O) groups excluding carboxylic acids is 1. The molecule has 0 bridgehead atoms. The zero-order valence-electron chi connectivity index (χ0n) is 8.95. The Kier molecular flexibility index (Phi) is 4.80. The van der Waals surface area contributed by atoms with E-state index >= 15 is 0 Å². The summed E-state index contributed by atoms with van der Waals surface area (Å²) < 4.78 is 10.1. The summed E-state index contributed by atoms with van der Waals surface area (Å²) in [5.41, 5.74) is 2.77. The fourth-order valence-electron chi connectivity index (χ4n) is 1.38. The second-order valence-electron chi connectivity index (χ2n) is 3.12. The van der Waals surface area contributed by atoms with Crippen LogP contribution < -0.4 is 5.32 Å². The van der Waals surface area contributed by atoms with E-state index in [9.17, 15) is 4.79 Å². The van der Waals surface area contributed by atoms with Crippen molar-refractivity contribution in [3.05, 3.63) is 29.3 Å². The van der Waals surface area contributed by atoms with E-state index < -0.39 is 0 Å². The van der Waals surface area contributed by atoms with Crippen LogP contribution in [0.4, 0.5) is 5.69 Å². The van der Waals surface area contributed by atoms with Crippen LogP contribution in [0, 0.1) is 0 Å². The first-order chi connectivity index (χ1) is 7.31. The lowest BCUT2D eigenvalue weighted by Crippen LogP contribution is -2.01. The largest absolute Gasteiger partial charge is 0.380 e. The molecule has 0 heterocycles. The van der Waals surface area contributed by atoms with Gasteiger partial charge < -0.3 is 14.8 Å². The van der Waals surface area contributed by atoms with Gasteiger partial charge >= 0.3 is 0 Å². The molecule has 0 atom stereocenters. The highest BCUT2D eigenvalue weighted by Gasteiger charge is 2.03. The molecule has 15 heavy (non-hydrogen) atoms. The van der Waals surface area contributed by atoms with Crippen LogP contribution in [0.3, 0.4) is 0 Å².